The van der Waals surface area contributed by atoms with Crippen molar-refractivity contribution in [3.8, 4) is 0 Å². The van der Waals surface area contributed by atoms with Gasteiger partial charge in [0, 0.05) is 37.3 Å². The predicted octanol–water partition coefficient (Wildman–Crippen LogP) is 2.34. The van der Waals surface area contributed by atoms with E-state index in [1.54, 1.807) is 0 Å². The first kappa shape index (κ1) is 13.6. The highest BCUT2D eigenvalue weighted by molar-refractivity contribution is 5.05. The Balaban J connectivity index is 2.06. The van der Waals surface area contributed by atoms with Crippen molar-refractivity contribution in [2.45, 2.75) is 58.7 Å². The molecular weight excluding hydrogens is 226 g/mol. The lowest BCUT2D eigenvalue weighted by Crippen LogP contribution is -2.62. The number of hydrogen-bond donors (Lipinski definition) is 1. The van der Waals surface area contributed by atoms with Crippen LogP contribution < -0.4 is 5.32 Å². The molecule has 1 N–H and O–H groups in total. The molecule has 2 rings (SSSR count). The van der Waals surface area contributed by atoms with Gasteiger partial charge in [0.05, 0.1) is 5.69 Å². The summed E-state index contributed by atoms with van der Waals surface area (Å²) in [6.45, 7) is 11.8. The molecular formula is C14H25N3O. The van der Waals surface area contributed by atoms with Crippen LogP contribution in [0.1, 0.15) is 45.1 Å². The van der Waals surface area contributed by atoms with E-state index in [0.717, 1.165) is 37.5 Å². The van der Waals surface area contributed by atoms with Crippen LogP contribution in [0, 0.1) is 6.92 Å². The van der Waals surface area contributed by atoms with E-state index in [9.17, 15) is 0 Å². The standard InChI is InChI=1S/C14H25N3O/c1-5-13-8-15-14(4,6-2)10-17(13)9-12-7-11(3)18-16-12/h7,13,15H,5-6,8-10H2,1-4H3. The number of aryl methyl sites for hydroxylation is 1. The van der Waals surface area contributed by atoms with Gasteiger partial charge in [0.15, 0.2) is 0 Å². The third kappa shape index (κ3) is 2.93. The zero-order valence-corrected chi connectivity index (χ0v) is 12.0. The van der Waals surface area contributed by atoms with Crippen molar-refractivity contribution in [3.63, 3.8) is 0 Å². The Morgan fingerprint density at radius 1 is 1.56 bits per heavy atom. The summed E-state index contributed by atoms with van der Waals surface area (Å²) in [6, 6.07) is 2.64. The van der Waals surface area contributed by atoms with E-state index in [2.05, 4.69) is 36.1 Å². The molecule has 0 aromatic carbocycles. The number of hydrogen-bond acceptors (Lipinski definition) is 4. The van der Waals surface area contributed by atoms with Crippen LogP contribution >= 0.6 is 0 Å². The molecule has 1 saturated heterocycles. The highest BCUT2D eigenvalue weighted by atomic mass is 16.5. The SMILES string of the molecule is CCC1CNC(C)(CC)CN1Cc1cc(C)on1. The van der Waals surface area contributed by atoms with Gasteiger partial charge in [-0.15, -0.1) is 0 Å². The molecule has 1 aliphatic heterocycles. The van der Waals surface area contributed by atoms with E-state index >= 15 is 0 Å². The summed E-state index contributed by atoms with van der Waals surface area (Å²) in [7, 11) is 0. The maximum absolute atomic E-state index is 5.16. The molecule has 0 saturated carbocycles. The lowest BCUT2D eigenvalue weighted by molar-refractivity contribution is 0.0735. The quantitative estimate of drug-likeness (QED) is 0.892. The Morgan fingerprint density at radius 2 is 2.33 bits per heavy atom. The van der Waals surface area contributed by atoms with E-state index in [4.69, 9.17) is 4.52 Å². The summed E-state index contributed by atoms with van der Waals surface area (Å²) in [5, 5.41) is 7.80. The zero-order chi connectivity index (χ0) is 13.2. The average molecular weight is 251 g/mol. The first-order valence-corrected chi connectivity index (χ1v) is 6.97. The van der Waals surface area contributed by atoms with E-state index in [1.807, 2.05) is 13.0 Å². The smallest absolute Gasteiger partial charge is 0.133 e. The lowest BCUT2D eigenvalue weighted by Gasteiger charge is -2.45. The highest BCUT2D eigenvalue weighted by Gasteiger charge is 2.33. The number of nitrogens with one attached hydrogen (secondary N) is 1. The molecule has 0 bridgehead atoms. The maximum Gasteiger partial charge on any atom is 0.133 e. The van der Waals surface area contributed by atoms with E-state index in [1.165, 1.54) is 6.42 Å². The molecule has 0 spiro atoms. The number of rotatable bonds is 4. The van der Waals surface area contributed by atoms with Crippen molar-refractivity contribution in [1.82, 2.24) is 15.4 Å². The zero-order valence-electron chi connectivity index (χ0n) is 12.0. The predicted molar refractivity (Wildman–Crippen MR) is 72.4 cm³/mol. The largest absolute Gasteiger partial charge is 0.361 e. The summed E-state index contributed by atoms with van der Waals surface area (Å²) in [4.78, 5) is 2.54. The van der Waals surface area contributed by atoms with Gasteiger partial charge in [-0.2, -0.15) is 0 Å². The Bertz CT molecular complexity index is 390. The topological polar surface area (TPSA) is 41.3 Å². The normalized spacial score (nSPS) is 29.7. The van der Waals surface area contributed by atoms with E-state index < -0.39 is 0 Å². The second-order valence-corrected chi connectivity index (χ2v) is 5.69. The Kier molecular flexibility index (Phi) is 4.07. The Hall–Kier alpha value is -0.870. The molecule has 1 fully saturated rings. The summed E-state index contributed by atoms with van der Waals surface area (Å²) in [5.74, 6) is 0.895. The average Bonchev–Trinajstić information content (AvgIpc) is 2.75. The van der Waals surface area contributed by atoms with Crippen LogP contribution in [0.25, 0.3) is 0 Å². The minimum atomic E-state index is 0.227. The molecule has 0 amide bonds. The molecule has 0 radical (unpaired) electrons. The van der Waals surface area contributed by atoms with Gasteiger partial charge in [0.25, 0.3) is 0 Å². The van der Waals surface area contributed by atoms with E-state index in [0.29, 0.717) is 6.04 Å². The fourth-order valence-electron chi connectivity index (χ4n) is 2.65. The maximum atomic E-state index is 5.16. The van der Waals surface area contributed by atoms with E-state index in [-0.39, 0.29) is 5.54 Å². The second-order valence-electron chi connectivity index (χ2n) is 5.69. The Morgan fingerprint density at radius 3 is 2.89 bits per heavy atom. The van der Waals surface area contributed by atoms with Crippen LogP contribution in [0.2, 0.25) is 0 Å². The van der Waals surface area contributed by atoms with Gasteiger partial charge in [-0.05, 0) is 26.7 Å². The second kappa shape index (κ2) is 5.41. The first-order valence-electron chi connectivity index (χ1n) is 6.97. The summed E-state index contributed by atoms with van der Waals surface area (Å²) < 4.78 is 5.16. The van der Waals surface area contributed by atoms with Gasteiger partial charge in [-0.1, -0.05) is 19.0 Å². The molecule has 4 nitrogen and oxygen atoms in total. The fourth-order valence-corrected chi connectivity index (χ4v) is 2.65. The minimum Gasteiger partial charge on any atom is -0.361 e. The van der Waals surface area contributed by atoms with Crippen molar-refractivity contribution < 1.29 is 4.52 Å². The summed E-state index contributed by atoms with van der Waals surface area (Å²) in [5.41, 5.74) is 1.27. The van der Waals surface area contributed by atoms with Crippen molar-refractivity contribution >= 4 is 0 Å². The fraction of sp³-hybridized carbons (Fsp3) is 0.786. The molecule has 0 aliphatic carbocycles. The molecule has 18 heavy (non-hydrogen) atoms. The van der Waals surface area contributed by atoms with Crippen molar-refractivity contribution in [2.24, 2.45) is 0 Å². The Labute approximate surface area is 110 Å². The van der Waals surface area contributed by atoms with Gasteiger partial charge >= 0.3 is 0 Å². The summed E-state index contributed by atoms with van der Waals surface area (Å²) in [6.07, 6.45) is 2.32. The third-order valence-corrected chi connectivity index (χ3v) is 4.13. The molecule has 1 aromatic rings. The van der Waals surface area contributed by atoms with Crippen LogP contribution in [0.5, 0.6) is 0 Å². The van der Waals surface area contributed by atoms with Crippen molar-refractivity contribution in [3.05, 3.63) is 17.5 Å². The van der Waals surface area contributed by atoms with Crippen LogP contribution in [0.3, 0.4) is 0 Å². The van der Waals surface area contributed by atoms with Gasteiger partial charge in [0.2, 0.25) is 0 Å². The molecule has 4 heteroatoms. The van der Waals surface area contributed by atoms with Crippen LogP contribution in [-0.4, -0.2) is 34.7 Å². The van der Waals surface area contributed by atoms with Gasteiger partial charge in [0.1, 0.15) is 5.76 Å². The van der Waals surface area contributed by atoms with Gasteiger partial charge in [-0.25, -0.2) is 0 Å². The molecule has 1 aromatic heterocycles. The molecule has 2 unspecified atom stereocenters. The molecule has 1 aliphatic rings. The van der Waals surface area contributed by atoms with Gasteiger partial charge < -0.3 is 9.84 Å². The molecule has 2 heterocycles. The molecule has 2 atom stereocenters. The van der Waals surface area contributed by atoms with Crippen molar-refractivity contribution in [2.75, 3.05) is 13.1 Å². The number of aromatic nitrogens is 1. The summed E-state index contributed by atoms with van der Waals surface area (Å²) >= 11 is 0. The van der Waals surface area contributed by atoms with Crippen LogP contribution in [0.4, 0.5) is 0 Å². The number of nitrogens with zero attached hydrogens (tertiary/aromatic N) is 2. The van der Waals surface area contributed by atoms with Gasteiger partial charge in [-0.3, -0.25) is 4.90 Å². The first-order chi connectivity index (χ1) is 8.56. The third-order valence-electron chi connectivity index (χ3n) is 4.13. The minimum absolute atomic E-state index is 0.227. The van der Waals surface area contributed by atoms with Crippen LogP contribution in [-0.2, 0) is 6.54 Å². The van der Waals surface area contributed by atoms with Crippen LogP contribution in [0.15, 0.2) is 10.6 Å². The molecule has 102 valence electrons. The monoisotopic (exact) mass is 251 g/mol. The highest BCUT2D eigenvalue weighted by Crippen LogP contribution is 2.22. The number of piperazine rings is 1. The lowest BCUT2D eigenvalue weighted by atomic mass is 9.92. The van der Waals surface area contributed by atoms with Crippen molar-refractivity contribution in [1.29, 1.82) is 0 Å².